The highest BCUT2D eigenvalue weighted by Crippen LogP contribution is 2.32. The zero-order valence-electron chi connectivity index (χ0n) is 13.1. The molecule has 2 aromatic carbocycles. The van der Waals surface area contributed by atoms with Crippen LogP contribution in [0.5, 0.6) is 0 Å². The van der Waals surface area contributed by atoms with Crippen molar-refractivity contribution in [1.82, 2.24) is 4.98 Å². The molecule has 0 fully saturated rings. The van der Waals surface area contributed by atoms with Crippen LogP contribution in [0.2, 0.25) is 0 Å². The first-order valence-electron chi connectivity index (χ1n) is 7.35. The van der Waals surface area contributed by atoms with E-state index in [4.69, 9.17) is 0 Å². The van der Waals surface area contributed by atoms with Crippen LogP contribution in [-0.4, -0.2) is 10.9 Å². The highest BCUT2D eigenvalue weighted by Gasteiger charge is 2.31. The molecule has 0 atom stereocenters. The molecule has 0 saturated carbocycles. The Balaban J connectivity index is 2.00. The van der Waals surface area contributed by atoms with Crippen LogP contribution in [0.3, 0.4) is 0 Å². The monoisotopic (exact) mass is 362 g/mol. The van der Waals surface area contributed by atoms with Gasteiger partial charge in [0.1, 0.15) is 0 Å². The van der Waals surface area contributed by atoms with Crippen LogP contribution in [0.4, 0.5) is 24.0 Å². The Morgan fingerprint density at radius 2 is 1.68 bits per heavy atom. The van der Waals surface area contributed by atoms with E-state index in [2.05, 4.69) is 4.98 Å². The quantitative estimate of drug-likeness (QED) is 0.621. The molecule has 0 aliphatic carbocycles. The predicted octanol–water partition coefficient (Wildman–Crippen LogP) is 5.45. The summed E-state index contributed by atoms with van der Waals surface area (Å²) < 4.78 is 38.1. The number of benzene rings is 2. The van der Waals surface area contributed by atoms with E-state index in [0.29, 0.717) is 10.8 Å². The lowest BCUT2D eigenvalue weighted by Crippen LogP contribution is -2.26. The lowest BCUT2D eigenvalue weighted by molar-refractivity contribution is -0.137. The summed E-state index contributed by atoms with van der Waals surface area (Å²) in [6, 6.07) is 13.1. The second-order valence-corrected chi connectivity index (χ2v) is 6.16. The number of thiazole rings is 1. The van der Waals surface area contributed by atoms with Gasteiger partial charge in [-0.1, -0.05) is 18.2 Å². The number of rotatable bonds is 3. The molecular formula is C18H13F3N2OS. The molecule has 1 aromatic heterocycles. The molecule has 7 heteroatoms. The van der Waals surface area contributed by atoms with Crippen LogP contribution in [0.25, 0.3) is 0 Å². The first-order chi connectivity index (χ1) is 11.9. The number of para-hydroxylation sites is 1. The minimum Gasteiger partial charge on any atom is -0.268 e. The van der Waals surface area contributed by atoms with Crippen LogP contribution >= 0.6 is 11.3 Å². The summed E-state index contributed by atoms with van der Waals surface area (Å²) in [4.78, 5) is 18.7. The standard InChI is InChI=1S/C18H13F3N2OS/c1-12-11-25-17(22-12)23(15-5-3-2-4-6-15)16(24)13-7-9-14(10-8-13)18(19,20)21/h2-11H,1H3. The number of hydrogen-bond donors (Lipinski definition) is 0. The second kappa shape index (κ2) is 6.68. The number of aryl methyl sites for hydroxylation is 1. The van der Waals surface area contributed by atoms with Gasteiger partial charge in [-0.2, -0.15) is 13.2 Å². The van der Waals surface area contributed by atoms with Gasteiger partial charge in [0.2, 0.25) is 0 Å². The summed E-state index contributed by atoms with van der Waals surface area (Å²) in [5.74, 6) is -0.436. The average molecular weight is 362 g/mol. The van der Waals surface area contributed by atoms with Crippen molar-refractivity contribution in [2.24, 2.45) is 0 Å². The van der Waals surface area contributed by atoms with Crippen LogP contribution < -0.4 is 4.90 Å². The van der Waals surface area contributed by atoms with Crippen molar-refractivity contribution in [1.29, 1.82) is 0 Å². The van der Waals surface area contributed by atoms with Crippen molar-refractivity contribution in [3.8, 4) is 0 Å². The highest BCUT2D eigenvalue weighted by molar-refractivity contribution is 7.14. The van der Waals surface area contributed by atoms with E-state index in [1.165, 1.54) is 28.4 Å². The summed E-state index contributed by atoms with van der Waals surface area (Å²) >= 11 is 1.30. The van der Waals surface area contributed by atoms with Gasteiger partial charge in [-0.15, -0.1) is 11.3 Å². The maximum Gasteiger partial charge on any atom is 0.416 e. The van der Waals surface area contributed by atoms with Gasteiger partial charge in [-0.25, -0.2) is 4.98 Å². The molecule has 0 radical (unpaired) electrons. The van der Waals surface area contributed by atoms with E-state index < -0.39 is 17.6 Å². The molecule has 0 bridgehead atoms. The maximum absolute atomic E-state index is 12.9. The minimum atomic E-state index is -4.44. The van der Waals surface area contributed by atoms with Gasteiger partial charge in [-0.3, -0.25) is 9.69 Å². The molecule has 3 nitrogen and oxygen atoms in total. The van der Waals surface area contributed by atoms with Gasteiger partial charge in [0.15, 0.2) is 5.13 Å². The van der Waals surface area contributed by atoms with Crippen molar-refractivity contribution >= 4 is 28.1 Å². The molecule has 1 amide bonds. The second-order valence-electron chi connectivity index (χ2n) is 5.32. The molecule has 0 saturated heterocycles. The number of carbonyl (C=O) groups excluding carboxylic acids is 1. The van der Waals surface area contributed by atoms with Crippen LogP contribution in [0, 0.1) is 6.92 Å². The third-order valence-corrected chi connectivity index (χ3v) is 4.42. The lowest BCUT2D eigenvalue weighted by Gasteiger charge is -2.20. The summed E-state index contributed by atoms with van der Waals surface area (Å²) in [6.07, 6.45) is -4.44. The Morgan fingerprint density at radius 1 is 1.04 bits per heavy atom. The van der Waals surface area contributed by atoms with E-state index in [1.54, 1.807) is 24.3 Å². The third-order valence-electron chi connectivity index (χ3n) is 3.47. The van der Waals surface area contributed by atoms with E-state index in [9.17, 15) is 18.0 Å². The van der Waals surface area contributed by atoms with E-state index in [-0.39, 0.29) is 5.56 Å². The molecule has 25 heavy (non-hydrogen) atoms. The predicted molar refractivity (Wildman–Crippen MR) is 91.2 cm³/mol. The number of halogens is 3. The van der Waals surface area contributed by atoms with Crippen molar-refractivity contribution < 1.29 is 18.0 Å². The number of carbonyl (C=O) groups is 1. The van der Waals surface area contributed by atoms with Crippen molar-refractivity contribution in [3.63, 3.8) is 0 Å². The molecule has 0 N–H and O–H groups in total. The molecule has 128 valence electrons. The Labute approximate surface area is 146 Å². The van der Waals surface area contributed by atoms with Crippen LogP contribution in [0.15, 0.2) is 60.0 Å². The molecule has 0 aliphatic rings. The van der Waals surface area contributed by atoms with E-state index >= 15 is 0 Å². The van der Waals surface area contributed by atoms with Crippen molar-refractivity contribution in [3.05, 3.63) is 76.8 Å². The first kappa shape index (κ1) is 17.2. The molecule has 1 heterocycles. The van der Waals surface area contributed by atoms with Gasteiger partial charge in [-0.05, 0) is 43.3 Å². The highest BCUT2D eigenvalue weighted by atomic mass is 32.1. The van der Waals surface area contributed by atoms with Gasteiger partial charge in [0.25, 0.3) is 5.91 Å². The number of anilines is 2. The Kier molecular flexibility index (Phi) is 4.59. The minimum absolute atomic E-state index is 0.157. The number of amides is 1. The summed E-state index contributed by atoms with van der Waals surface area (Å²) in [5, 5.41) is 2.28. The molecule has 0 aliphatic heterocycles. The fourth-order valence-electron chi connectivity index (χ4n) is 2.27. The normalized spacial score (nSPS) is 11.4. The average Bonchev–Trinajstić information content (AvgIpc) is 3.01. The fraction of sp³-hybridized carbons (Fsp3) is 0.111. The van der Waals surface area contributed by atoms with E-state index in [1.807, 2.05) is 18.4 Å². The molecule has 0 spiro atoms. The number of nitrogens with zero attached hydrogens (tertiary/aromatic N) is 2. The summed E-state index contributed by atoms with van der Waals surface area (Å²) in [6.45, 7) is 1.81. The number of hydrogen-bond acceptors (Lipinski definition) is 3. The first-order valence-corrected chi connectivity index (χ1v) is 8.23. The lowest BCUT2D eigenvalue weighted by atomic mass is 10.1. The van der Waals surface area contributed by atoms with Crippen LogP contribution in [-0.2, 0) is 6.18 Å². The largest absolute Gasteiger partial charge is 0.416 e. The molecule has 3 rings (SSSR count). The summed E-state index contributed by atoms with van der Waals surface area (Å²) in [5.41, 5.74) is 0.730. The summed E-state index contributed by atoms with van der Waals surface area (Å²) in [7, 11) is 0. The van der Waals surface area contributed by atoms with Crippen molar-refractivity contribution in [2.45, 2.75) is 13.1 Å². The van der Waals surface area contributed by atoms with Crippen LogP contribution in [0.1, 0.15) is 21.6 Å². The smallest absolute Gasteiger partial charge is 0.268 e. The zero-order valence-corrected chi connectivity index (χ0v) is 13.9. The molecular weight excluding hydrogens is 349 g/mol. The maximum atomic E-state index is 12.9. The Hall–Kier alpha value is -2.67. The fourth-order valence-corrected chi connectivity index (χ4v) is 3.09. The van der Waals surface area contributed by atoms with Gasteiger partial charge < -0.3 is 0 Å². The SMILES string of the molecule is Cc1csc(N(C(=O)c2ccc(C(F)(F)F)cc2)c2ccccc2)n1. The van der Waals surface area contributed by atoms with Gasteiger partial charge >= 0.3 is 6.18 Å². The molecule has 3 aromatic rings. The number of aromatic nitrogens is 1. The number of alkyl halides is 3. The topological polar surface area (TPSA) is 33.2 Å². The van der Waals surface area contributed by atoms with Gasteiger partial charge in [0, 0.05) is 10.9 Å². The Bertz CT molecular complexity index is 873. The van der Waals surface area contributed by atoms with Crippen molar-refractivity contribution in [2.75, 3.05) is 4.90 Å². The third kappa shape index (κ3) is 3.71. The Morgan fingerprint density at radius 3 is 2.20 bits per heavy atom. The zero-order chi connectivity index (χ0) is 18.0. The molecule has 0 unspecified atom stereocenters. The van der Waals surface area contributed by atoms with Gasteiger partial charge in [0.05, 0.1) is 16.9 Å². The van der Waals surface area contributed by atoms with E-state index in [0.717, 1.165) is 17.8 Å².